The molecule has 0 heterocycles. The summed E-state index contributed by atoms with van der Waals surface area (Å²) in [6.45, 7) is 0. The van der Waals surface area contributed by atoms with Crippen LogP contribution in [0.5, 0.6) is 0 Å². The van der Waals surface area contributed by atoms with E-state index in [-0.39, 0.29) is 9.79 Å². The SMILES string of the molecule is O=S(O)c1ccc(S(=O)(=O)Cl)cc1. The van der Waals surface area contributed by atoms with Crippen LogP contribution in [0.2, 0.25) is 0 Å². The molecule has 1 aromatic carbocycles. The average Bonchev–Trinajstić information content (AvgIpc) is 2.03. The summed E-state index contributed by atoms with van der Waals surface area (Å²) in [7, 11) is 1.27. The van der Waals surface area contributed by atoms with Gasteiger partial charge in [0.05, 0.1) is 9.79 Å². The van der Waals surface area contributed by atoms with Crippen LogP contribution in [0.25, 0.3) is 0 Å². The zero-order chi connectivity index (χ0) is 10.1. The van der Waals surface area contributed by atoms with Crippen molar-refractivity contribution in [2.45, 2.75) is 9.79 Å². The Kier molecular flexibility index (Phi) is 3.07. The molecule has 0 bridgehead atoms. The van der Waals surface area contributed by atoms with Crippen LogP contribution in [0.1, 0.15) is 0 Å². The first-order valence-electron chi connectivity index (χ1n) is 3.07. The summed E-state index contributed by atoms with van der Waals surface area (Å²) < 4.78 is 40.6. The molecule has 13 heavy (non-hydrogen) atoms. The van der Waals surface area contributed by atoms with Crippen molar-refractivity contribution in [2.24, 2.45) is 0 Å². The van der Waals surface area contributed by atoms with Crippen LogP contribution in [0.4, 0.5) is 0 Å². The lowest BCUT2D eigenvalue weighted by Gasteiger charge is -1.96. The highest BCUT2D eigenvalue weighted by Gasteiger charge is 2.09. The second-order valence-corrected chi connectivity index (χ2v) is 5.69. The van der Waals surface area contributed by atoms with Crippen molar-refractivity contribution in [3.05, 3.63) is 24.3 Å². The van der Waals surface area contributed by atoms with Gasteiger partial charge in [0.2, 0.25) is 0 Å². The van der Waals surface area contributed by atoms with Gasteiger partial charge < -0.3 is 4.55 Å². The summed E-state index contributed by atoms with van der Waals surface area (Å²) in [5, 5.41) is 0. The first-order valence-corrected chi connectivity index (χ1v) is 6.48. The molecule has 0 radical (unpaired) electrons. The zero-order valence-electron chi connectivity index (χ0n) is 6.18. The van der Waals surface area contributed by atoms with E-state index < -0.39 is 20.1 Å². The van der Waals surface area contributed by atoms with Crippen molar-refractivity contribution in [1.82, 2.24) is 0 Å². The van der Waals surface area contributed by atoms with E-state index in [0.717, 1.165) is 0 Å². The van der Waals surface area contributed by atoms with Gasteiger partial charge in [-0.1, -0.05) is 0 Å². The number of halogens is 1. The standard InChI is InChI=1S/C6H5ClO4S2/c7-13(10,11)6-3-1-5(2-4-6)12(8)9/h1-4H,(H,8,9). The molecule has 0 amide bonds. The number of rotatable bonds is 2. The normalized spacial score (nSPS) is 14.0. The van der Waals surface area contributed by atoms with E-state index in [2.05, 4.69) is 0 Å². The third kappa shape index (κ3) is 2.77. The Bertz CT molecular complexity index is 422. The Morgan fingerprint density at radius 3 is 2.00 bits per heavy atom. The summed E-state index contributed by atoms with van der Waals surface area (Å²) in [5.41, 5.74) is 0. The fraction of sp³-hybridized carbons (Fsp3) is 0. The highest BCUT2D eigenvalue weighted by Crippen LogP contribution is 2.16. The maximum atomic E-state index is 10.7. The quantitative estimate of drug-likeness (QED) is 0.623. The molecule has 1 unspecified atom stereocenters. The largest absolute Gasteiger partial charge is 0.302 e. The summed E-state index contributed by atoms with van der Waals surface area (Å²) in [6.07, 6.45) is 0. The summed E-state index contributed by atoms with van der Waals surface area (Å²) >= 11 is -2.10. The summed E-state index contributed by atoms with van der Waals surface area (Å²) in [4.78, 5) is 0.0347. The number of benzene rings is 1. The molecule has 0 aromatic heterocycles. The van der Waals surface area contributed by atoms with E-state index in [0.29, 0.717) is 0 Å². The Balaban J connectivity index is 3.16. The van der Waals surface area contributed by atoms with Crippen molar-refractivity contribution in [1.29, 1.82) is 0 Å². The lowest BCUT2D eigenvalue weighted by Crippen LogP contribution is -1.92. The van der Waals surface area contributed by atoms with Gasteiger partial charge in [-0.3, -0.25) is 0 Å². The molecule has 0 aliphatic carbocycles. The Hall–Kier alpha value is -0.430. The molecular weight excluding hydrogens is 236 g/mol. The van der Waals surface area contributed by atoms with Gasteiger partial charge in [0, 0.05) is 10.7 Å². The third-order valence-electron chi connectivity index (χ3n) is 1.31. The second-order valence-electron chi connectivity index (χ2n) is 2.16. The van der Waals surface area contributed by atoms with Gasteiger partial charge in [0.25, 0.3) is 9.05 Å². The molecule has 1 atom stereocenters. The van der Waals surface area contributed by atoms with Crippen molar-refractivity contribution >= 4 is 30.8 Å². The van der Waals surface area contributed by atoms with E-state index in [1.807, 2.05) is 0 Å². The van der Waals surface area contributed by atoms with E-state index in [1.165, 1.54) is 24.3 Å². The van der Waals surface area contributed by atoms with Crippen LogP contribution in [-0.4, -0.2) is 17.2 Å². The molecule has 1 aromatic rings. The Morgan fingerprint density at radius 1 is 1.23 bits per heavy atom. The Labute approximate surface area is 82.2 Å². The number of hydrogen-bond acceptors (Lipinski definition) is 3. The van der Waals surface area contributed by atoms with Crippen molar-refractivity contribution in [3.8, 4) is 0 Å². The molecule has 1 N–H and O–H groups in total. The van der Waals surface area contributed by atoms with E-state index in [9.17, 15) is 12.6 Å². The predicted octanol–water partition coefficient (Wildman–Crippen LogP) is 1.19. The molecule has 7 heteroatoms. The van der Waals surface area contributed by atoms with Gasteiger partial charge in [0.1, 0.15) is 0 Å². The highest BCUT2D eigenvalue weighted by molar-refractivity contribution is 8.13. The van der Waals surface area contributed by atoms with Crippen LogP contribution < -0.4 is 0 Å². The minimum atomic E-state index is -3.75. The fourth-order valence-electron chi connectivity index (χ4n) is 0.719. The fourth-order valence-corrected chi connectivity index (χ4v) is 1.86. The van der Waals surface area contributed by atoms with Gasteiger partial charge in [-0.15, -0.1) is 0 Å². The zero-order valence-corrected chi connectivity index (χ0v) is 8.56. The molecule has 72 valence electrons. The first-order chi connectivity index (χ1) is 5.91. The monoisotopic (exact) mass is 240 g/mol. The van der Waals surface area contributed by atoms with Gasteiger partial charge >= 0.3 is 0 Å². The maximum absolute atomic E-state index is 10.7. The van der Waals surface area contributed by atoms with E-state index in [4.69, 9.17) is 15.2 Å². The molecule has 0 spiro atoms. The van der Waals surface area contributed by atoms with Crippen LogP contribution in [0.15, 0.2) is 34.1 Å². The summed E-state index contributed by atoms with van der Waals surface area (Å²) in [6, 6.07) is 4.80. The molecule has 4 nitrogen and oxygen atoms in total. The topological polar surface area (TPSA) is 71.4 Å². The van der Waals surface area contributed by atoms with Gasteiger partial charge in [-0.2, -0.15) is 0 Å². The molecule has 0 aliphatic heterocycles. The minimum absolute atomic E-state index is 0.0941. The van der Waals surface area contributed by atoms with E-state index in [1.54, 1.807) is 0 Å². The Morgan fingerprint density at radius 2 is 1.69 bits per heavy atom. The van der Waals surface area contributed by atoms with Gasteiger partial charge in [0.15, 0.2) is 11.1 Å². The molecule has 0 saturated carbocycles. The highest BCUT2D eigenvalue weighted by atomic mass is 35.7. The molecule has 0 aliphatic rings. The van der Waals surface area contributed by atoms with Crippen molar-refractivity contribution in [3.63, 3.8) is 0 Å². The average molecular weight is 241 g/mol. The minimum Gasteiger partial charge on any atom is -0.302 e. The lowest BCUT2D eigenvalue weighted by atomic mass is 10.4. The summed E-state index contributed by atoms with van der Waals surface area (Å²) in [5.74, 6) is 0. The smallest absolute Gasteiger partial charge is 0.261 e. The predicted molar refractivity (Wildman–Crippen MR) is 48.5 cm³/mol. The maximum Gasteiger partial charge on any atom is 0.261 e. The van der Waals surface area contributed by atoms with Crippen LogP contribution in [0.3, 0.4) is 0 Å². The van der Waals surface area contributed by atoms with Crippen molar-refractivity contribution < 1.29 is 17.2 Å². The number of hydrogen-bond donors (Lipinski definition) is 1. The molecule has 0 fully saturated rings. The van der Waals surface area contributed by atoms with E-state index >= 15 is 0 Å². The van der Waals surface area contributed by atoms with Crippen molar-refractivity contribution in [2.75, 3.05) is 0 Å². The first kappa shape index (κ1) is 10.6. The molecular formula is C6H5ClO4S2. The molecule has 1 rings (SSSR count). The second kappa shape index (κ2) is 3.75. The lowest BCUT2D eigenvalue weighted by molar-refractivity contribution is 0.564. The third-order valence-corrected chi connectivity index (χ3v) is 3.35. The van der Waals surface area contributed by atoms with Crippen LogP contribution >= 0.6 is 10.7 Å². The van der Waals surface area contributed by atoms with Gasteiger partial charge in [-0.05, 0) is 24.3 Å². The van der Waals surface area contributed by atoms with Crippen LogP contribution in [-0.2, 0) is 20.1 Å². The van der Waals surface area contributed by atoms with Gasteiger partial charge in [-0.25, -0.2) is 12.6 Å². The van der Waals surface area contributed by atoms with Crippen LogP contribution in [0, 0.1) is 0 Å². The molecule has 0 saturated heterocycles.